The van der Waals surface area contributed by atoms with E-state index in [0.29, 0.717) is 24.2 Å². The Kier molecular flexibility index (Phi) is 4.88. The van der Waals surface area contributed by atoms with Gasteiger partial charge in [-0.2, -0.15) is 5.10 Å². The van der Waals surface area contributed by atoms with Crippen LogP contribution in [0.4, 0.5) is 4.39 Å². The molecule has 1 fully saturated rings. The number of hydrogen-bond donors (Lipinski definition) is 0. The van der Waals surface area contributed by atoms with E-state index in [1.54, 1.807) is 30.1 Å². The molecule has 1 aromatic heterocycles. The molecule has 0 spiro atoms. The summed E-state index contributed by atoms with van der Waals surface area (Å²) >= 11 is 0. The quantitative estimate of drug-likeness (QED) is 0.816. The van der Waals surface area contributed by atoms with Crippen molar-refractivity contribution in [3.63, 3.8) is 0 Å². The van der Waals surface area contributed by atoms with Crippen LogP contribution in [0.15, 0.2) is 24.3 Å². The molecule has 2 aromatic rings. The van der Waals surface area contributed by atoms with Gasteiger partial charge in [0.05, 0.1) is 17.2 Å². The van der Waals surface area contributed by atoms with Crippen LogP contribution in [-0.4, -0.2) is 53.1 Å². The van der Waals surface area contributed by atoms with Gasteiger partial charge in [0, 0.05) is 25.2 Å². The maximum atomic E-state index is 14.2. The number of carbonyl (C=O) groups excluding carboxylic acids is 1. The number of amides is 1. The number of halogens is 1. The van der Waals surface area contributed by atoms with Crippen LogP contribution in [0.1, 0.15) is 29.4 Å². The highest BCUT2D eigenvalue weighted by molar-refractivity contribution is 7.91. The van der Waals surface area contributed by atoms with Gasteiger partial charge in [-0.1, -0.05) is 11.6 Å². The average Bonchev–Trinajstić information content (AvgIpc) is 3.13. The lowest BCUT2D eigenvalue weighted by Gasteiger charge is -2.25. The Morgan fingerprint density at radius 1 is 1.38 bits per heavy atom. The molecular formula is C18H22FN3O3S. The molecule has 1 aliphatic heterocycles. The first-order valence-corrected chi connectivity index (χ1v) is 10.4. The Labute approximate surface area is 152 Å². The summed E-state index contributed by atoms with van der Waals surface area (Å²) in [5.41, 5.74) is 1.98. The summed E-state index contributed by atoms with van der Waals surface area (Å²) in [6.07, 6.45) is 0.439. The van der Waals surface area contributed by atoms with Gasteiger partial charge in [-0.25, -0.2) is 12.8 Å². The zero-order valence-electron chi connectivity index (χ0n) is 15.1. The number of nitrogens with zero attached hydrogens (tertiary/aromatic N) is 3. The highest BCUT2D eigenvalue weighted by Crippen LogP contribution is 2.26. The molecule has 1 amide bonds. The molecule has 6 nitrogen and oxygen atoms in total. The minimum Gasteiger partial charge on any atom is -0.333 e. The van der Waals surface area contributed by atoms with Crippen molar-refractivity contribution < 1.29 is 17.6 Å². The van der Waals surface area contributed by atoms with Gasteiger partial charge in [-0.15, -0.1) is 0 Å². The van der Waals surface area contributed by atoms with Crippen molar-refractivity contribution in [1.29, 1.82) is 0 Å². The molecular weight excluding hydrogens is 357 g/mol. The van der Waals surface area contributed by atoms with Crippen molar-refractivity contribution in [2.75, 3.05) is 18.1 Å². The molecule has 2 heterocycles. The Morgan fingerprint density at radius 2 is 2.12 bits per heavy atom. The molecule has 0 aliphatic carbocycles. The van der Waals surface area contributed by atoms with E-state index in [1.807, 2.05) is 13.8 Å². The Balaban J connectivity index is 1.92. The van der Waals surface area contributed by atoms with E-state index in [2.05, 4.69) is 5.10 Å². The molecule has 0 saturated carbocycles. The molecule has 8 heteroatoms. The van der Waals surface area contributed by atoms with Crippen molar-refractivity contribution in [3.8, 4) is 11.3 Å². The number of rotatable bonds is 4. The summed E-state index contributed by atoms with van der Waals surface area (Å²) < 4.78 is 39.1. The maximum Gasteiger partial charge on any atom is 0.274 e. The SMILES string of the molecule is CCN(C(=O)c1cc(-c2cc(C)ccc2F)n(C)n1)C1CCS(=O)(=O)C1. The van der Waals surface area contributed by atoms with E-state index in [0.717, 1.165) is 5.56 Å². The van der Waals surface area contributed by atoms with Gasteiger partial charge in [0.25, 0.3) is 5.91 Å². The average molecular weight is 379 g/mol. The van der Waals surface area contributed by atoms with Crippen molar-refractivity contribution in [1.82, 2.24) is 14.7 Å². The maximum absolute atomic E-state index is 14.2. The van der Waals surface area contributed by atoms with E-state index in [1.165, 1.54) is 10.7 Å². The minimum atomic E-state index is -3.09. The van der Waals surface area contributed by atoms with Crippen LogP contribution < -0.4 is 0 Å². The first-order valence-electron chi connectivity index (χ1n) is 8.54. The lowest BCUT2D eigenvalue weighted by molar-refractivity contribution is 0.0701. The lowest BCUT2D eigenvalue weighted by atomic mass is 10.1. The van der Waals surface area contributed by atoms with Gasteiger partial charge in [0.1, 0.15) is 5.82 Å². The second kappa shape index (κ2) is 6.83. The van der Waals surface area contributed by atoms with Crippen LogP contribution >= 0.6 is 0 Å². The summed E-state index contributed by atoms with van der Waals surface area (Å²) in [4.78, 5) is 14.4. The number of sulfone groups is 1. The third-order valence-electron chi connectivity index (χ3n) is 4.75. The molecule has 140 valence electrons. The Bertz CT molecular complexity index is 953. The van der Waals surface area contributed by atoms with E-state index < -0.39 is 9.84 Å². The van der Waals surface area contributed by atoms with Gasteiger partial charge in [-0.3, -0.25) is 9.48 Å². The monoisotopic (exact) mass is 379 g/mol. The van der Waals surface area contributed by atoms with Gasteiger partial charge in [0.2, 0.25) is 0 Å². The topological polar surface area (TPSA) is 72.3 Å². The standard InChI is InChI=1S/C18H22FN3O3S/c1-4-22(13-7-8-26(24,25)11-13)18(23)16-10-17(21(3)20-16)14-9-12(2)5-6-15(14)19/h5-6,9-10,13H,4,7-8,11H2,1-3H3. The normalized spacial score (nSPS) is 18.8. The van der Waals surface area contributed by atoms with E-state index >= 15 is 0 Å². The number of aryl methyl sites for hydroxylation is 2. The summed E-state index contributed by atoms with van der Waals surface area (Å²) in [5, 5.41) is 4.24. The van der Waals surface area contributed by atoms with Crippen molar-refractivity contribution in [3.05, 3.63) is 41.3 Å². The largest absolute Gasteiger partial charge is 0.333 e. The third kappa shape index (κ3) is 3.51. The van der Waals surface area contributed by atoms with Gasteiger partial charge in [0.15, 0.2) is 15.5 Å². The molecule has 1 aliphatic rings. The van der Waals surface area contributed by atoms with Crippen molar-refractivity contribution in [2.45, 2.75) is 26.3 Å². The molecule has 1 aromatic carbocycles. The molecule has 1 unspecified atom stereocenters. The Morgan fingerprint density at radius 3 is 2.73 bits per heavy atom. The molecule has 26 heavy (non-hydrogen) atoms. The van der Waals surface area contributed by atoms with Crippen molar-refractivity contribution >= 4 is 15.7 Å². The molecule has 0 radical (unpaired) electrons. The molecule has 1 saturated heterocycles. The lowest BCUT2D eigenvalue weighted by Crippen LogP contribution is -2.41. The fourth-order valence-corrected chi connectivity index (χ4v) is 5.13. The van der Waals surface area contributed by atoms with E-state index in [4.69, 9.17) is 0 Å². The van der Waals surface area contributed by atoms with Gasteiger partial charge >= 0.3 is 0 Å². The van der Waals surface area contributed by atoms with Crippen molar-refractivity contribution in [2.24, 2.45) is 7.05 Å². The summed E-state index contributed by atoms with van der Waals surface area (Å²) in [5.74, 6) is -0.626. The predicted molar refractivity (Wildman–Crippen MR) is 97.1 cm³/mol. The number of benzene rings is 1. The second-order valence-corrected chi connectivity index (χ2v) is 8.90. The molecule has 0 bridgehead atoms. The first kappa shape index (κ1) is 18.6. The van der Waals surface area contributed by atoms with Gasteiger partial charge < -0.3 is 4.90 Å². The molecule has 0 N–H and O–H groups in total. The van der Waals surface area contributed by atoms with Crippen LogP contribution in [0.3, 0.4) is 0 Å². The fraction of sp³-hybridized carbons (Fsp3) is 0.444. The summed E-state index contributed by atoms with van der Waals surface area (Å²) in [6.45, 7) is 4.07. The van der Waals surface area contributed by atoms with Gasteiger partial charge in [-0.05, 0) is 38.5 Å². The van der Waals surface area contributed by atoms with Crippen LogP contribution in [0.2, 0.25) is 0 Å². The zero-order valence-corrected chi connectivity index (χ0v) is 15.9. The van der Waals surface area contributed by atoms with Crippen LogP contribution in [0.5, 0.6) is 0 Å². The second-order valence-electron chi connectivity index (χ2n) is 6.67. The van der Waals surface area contributed by atoms with Crippen LogP contribution in [0.25, 0.3) is 11.3 Å². The number of aromatic nitrogens is 2. The predicted octanol–water partition coefficient (Wildman–Crippen LogP) is 2.18. The number of hydrogen-bond acceptors (Lipinski definition) is 4. The minimum absolute atomic E-state index is 0.0151. The summed E-state index contributed by atoms with van der Waals surface area (Å²) in [6, 6.07) is 6.01. The van der Waals surface area contributed by atoms with E-state index in [9.17, 15) is 17.6 Å². The smallest absolute Gasteiger partial charge is 0.274 e. The first-order chi connectivity index (χ1) is 12.2. The fourth-order valence-electron chi connectivity index (χ4n) is 3.40. The van der Waals surface area contributed by atoms with E-state index in [-0.39, 0.29) is 35.0 Å². The van der Waals surface area contributed by atoms with Crippen LogP contribution in [0, 0.1) is 12.7 Å². The zero-order chi connectivity index (χ0) is 19.1. The number of carbonyl (C=O) groups is 1. The highest BCUT2D eigenvalue weighted by Gasteiger charge is 2.35. The molecule has 1 atom stereocenters. The van der Waals surface area contributed by atoms with Crippen LogP contribution in [-0.2, 0) is 16.9 Å². The molecule has 3 rings (SSSR count). The third-order valence-corrected chi connectivity index (χ3v) is 6.50. The highest BCUT2D eigenvalue weighted by atomic mass is 32.2. The summed E-state index contributed by atoms with van der Waals surface area (Å²) in [7, 11) is -1.43. The Hall–Kier alpha value is -2.22.